The average Bonchev–Trinajstić information content (AvgIpc) is 3.14. The summed E-state index contributed by atoms with van der Waals surface area (Å²) in [5.41, 5.74) is 4.69. The molecule has 2 aromatic carbocycles. The zero-order chi connectivity index (χ0) is 19.2. The summed E-state index contributed by atoms with van der Waals surface area (Å²) < 4.78 is 5.41. The van der Waals surface area contributed by atoms with Crippen LogP contribution in [0.3, 0.4) is 0 Å². The maximum absolute atomic E-state index is 12.5. The van der Waals surface area contributed by atoms with E-state index in [1.807, 2.05) is 18.2 Å². The maximum atomic E-state index is 12.5. The van der Waals surface area contributed by atoms with E-state index in [1.54, 1.807) is 7.11 Å². The number of fused-ring (bicyclic) bond motifs is 1. The fourth-order valence-electron chi connectivity index (χ4n) is 3.61. The highest BCUT2D eigenvalue weighted by atomic mass is 16.5. The molecule has 4 heteroatoms. The molecule has 0 unspecified atom stereocenters. The Morgan fingerprint density at radius 1 is 1.19 bits per heavy atom. The molecule has 0 bridgehead atoms. The van der Waals surface area contributed by atoms with Crippen LogP contribution in [-0.2, 0) is 11.2 Å². The highest BCUT2D eigenvalue weighted by Crippen LogP contribution is 2.35. The van der Waals surface area contributed by atoms with E-state index in [1.165, 1.54) is 10.9 Å². The number of rotatable bonds is 8. The molecular weight excluding hydrogens is 336 g/mol. The van der Waals surface area contributed by atoms with Crippen molar-refractivity contribution in [1.29, 1.82) is 0 Å². The first-order valence-electron chi connectivity index (χ1n) is 9.67. The molecule has 0 aliphatic heterocycles. The summed E-state index contributed by atoms with van der Waals surface area (Å²) in [4.78, 5) is 16.0. The van der Waals surface area contributed by atoms with Crippen molar-refractivity contribution in [3.05, 3.63) is 65.4 Å². The molecule has 0 saturated heterocycles. The van der Waals surface area contributed by atoms with Crippen molar-refractivity contribution in [2.24, 2.45) is 0 Å². The fraction of sp³-hybridized carbons (Fsp3) is 0.348. The van der Waals surface area contributed by atoms with Crippen molar-refractivity contribution in [2.75, 3.05) is 13.7 Å². The Labute approximate surface area is 160 Å². The third kappa shape index (κ3) is 4.16. The molecule has 142 valence electrons. The first-order valence-corrected chi connectivity index (χ1v) is 9.67. The van der Waals surface area contributed by atoms with Gasteiger partial charge in [0.2, 0.25) is 5.91 Å². The summed E-state index contributed by atoms with van der Waals surface area (Å²) >= 11 is 0. The van der Waals surface area contributed by atoms with Crippen LogP contribution in [0.1, 0.15) is 49.3 Å². The third-order valence-corrected chi connectivity index (χ3v) is 5.05. The number of para-hydroxylation sites is 1. The van der Waals surface area contributed by atoms with Crippen LogP contribution in [0.5, 0.6) is 5.75 Å². The van der Waals surface area contributed by atoms with E-state index in [-0.39, 0.29) is 11.8 Å². The van der Waals surface area contributed by atoms with Gasteiger partial charge < -0.3 is 15.0 Å². The molecule has 1 aromatic heterocycles. The number of aromatic nitrogens is 1. The summed E-state index contributed by atoms with van der Waals surface area (Å²) in [7, 11) is 1.67. The van der Waals surface area contributed by atoms with Gasteiger partial charge in [-0.15, -0.1) is 0 Å². The summed E-state index contributed by atoms with van der Waals surface area (Å²) in [5.74, 6) is 0.851. The zero-order valence-electron chi connectivity index (χ0n) is 16.3. The standard InChI is InChI=1S/C23H28N2O2/c1-4-12-24-22(26)14-20(17-9-6-10-18(13-17)27-3)21-15-25-23-16(5-2)8-7-11-19(21)23/h6-11,13,15,20,25H,4-5,12,14H2,1-3H3,(H,24,26)/t20-/m1/s1. The summed E-state index contributed by atoms with van der Waals surface area (Å²) in [6, 6.07) is 14.4. The van der Waals surface area contributed by atoms with E-state index in [2.05, 4.69) is 54.6 Å². The van der Waals surface area contributed by atoms with Gasteiger partial charge in [0.25, 0.3) is 0 Å². The van der Waals surface area contributed by atoms with Crippen molar-refractivity contribution in [2.45, 2.75) is 39.0 Å². The van der Waals surface area contributed by atoms with Gasteiger partial charge in [-0.1, -0.05) is 44.2 Å². The molecule has 0 spiro atoms. The van der Waals surface area contributed by atoms with E-state index in [0.29, 0.717) is 13.0 Å². The van der Waals surface area contributed by atoms with Crippen LogP contribution in [0.4, 0.5) is 0 Å². The van der Waals surface area contributed by atoms with Crippen molar-refractivity contribution >= 4 is 16.8 Å². The van der Waals surface area contributed by atoms with Crippen molar-refractivity contribution < 1.29 is 9.53 Å². The molecule has 0 aliphatic carbocycles. The molecule has 0 saturated carbocycles. The number of hydrogen-bond donors (Lipinski definition) is 2. The quantitative estimate of drug-likeness (QED) is 0.604. The first kappa shape index (κ1) is 19.0. The topological polar surface area (TPSA) is 54.1 Å². The highest BCUT2D eigenvalue weighted by molar-refractivity contribution is 5.88. The molecule has 0 radical (unpaired) electrons. The number of carbonyl (C=O) groups excluding carboxylic acids is 1. The fourth-order valence-corrected chi connectivity index (χ4v) is 3.61. The Balaban J connectivity index is 2.05. The van der Waals surface area contributed by atoms with Gasteiger partial charge in [-0.05, 0) is 41.7 Å². The Kier molecular flexibility index (Phi) is 6.17. The highest BCUT2D eigenvalue weighted by Gasteiger charge is 2.22. The predicted octanol–water partition coefficient (Wildman–Crippen LogP) is 4.79. The SMILES string of the molecule is CCCNC(=O)C[C@H](c1cccc(OC)c1)c1c[nH]c2c(CC)cccc12. The summed E-state index contributed by atoms with van der Waals surface area (Å²) in [5, 5.41) is 4.20. The maximum Gasteiger partial charge on any atom is 0.220 e. The van der Waals surface area contributed by atoms with Crippen molar-refractivity contribution in [3.63, 3.8) is 0 Å². The number of ether oxygens (including phenoxy) is 1. The molecule has 0 aliphatic rings. The number of nitrogens with one attached hydrogen (secondary N) is 2. The minimum absolute atomic E-state index is 0.0298. The van der Waals surface area contributed by atoms with Gasteiger partial charge in [0, 0.05) is 36.0 Å². The van der Waals surface area contributed by atoms with Gasteiger partial charge in [0.05, 0.1) is 7.11 Å². The van der Waals surface area contributed by atoms with E-state index in [4.69, 9.17) is 4.74 Å². The molecule has 2 N–H and O–H groups in total. The smallest absolute Gasteiger partial charge is 0.220 e. The van der Waals surface area contributed by atoms with E-state index in [0.717, 1.165) is 35.2 Å². The summed E-state index contributed by atoms with van der Waals surface area (Å²) in [6.45, 7) is 4.93. The van der Waals surface area contributed by atoms with Crippen LogP contribution in [0, 0.1) is 0 Å². The van der Waals surface area contributed by atoms with Crippen LogP contribution in [0.2, 0.25) is 0 Å². The lowest BCUT2D eigenvalue weighted by atomic mass is 9.87. The van der Waals surface area contributed by atoms with Crippen LogP contribution >= 0.6 is 0 Å². The Morgan fingerprint density at radius 2 is 2.00 bits per heavy atom. The number of carbonyl (C=O) groups is 1. The van der Waals surface area contributed by atoms with Gasteiger partial charge >= 0.3 is 0 Å². The Morgan fingerprint density at radius 3 is 2.74 bits per heavy atom. The lowest BCUT2D eigenvalue weighted by Gasteiger charge is -2.18. The second-order valence-electron chi connectivity index (χ2n) is 6.82. The van der Waals surface area contributed by atoms with Crippen LogP contribution in [-0.4, -0.2) is 24.5 Å². The molecule has 1 amide bonds. The summed E-state index contributed by atoms with van der Waals surface area (Å²) in [6.07, 6.45) is 4.37. The number of hydrogen-bond acceptors (Lipinski definition) is 2. The normalized spacial score (nSPS) is 12.1. The molecule has 27 heavy (non-hydrogen) atoms. The monoisotopic (exact) mass is 364 g/mol. The van der Waals surface area contributed by atoms with Gasteiger partial charge in [-0.25, -0.2) is 0 Å². The second kappa shape index (κ2) is 8.76. The number of benzene rings is 2. The Bertz CT molecular complexity index is 914. The van der Waals surface area contributed by atoms with E-state index >= 15 is 0 Å². The van der Waals surface area contributed by atoms with Crippen molar-refractivity contribution in [1.82, 2.24) is 10.3 Å². The molecule has 4 nitrogen and oxygen atoms in total. The molecule has 3 rings (SSSR count). The van der Waals surface area contributed by atoms with Gasteiger partial charge in [0.1, 0.15) is 5.75 Å². The van der Waals surface area contributed by atoms with Crippen LogP contribution < -0.4 is 10.1 Å². The predicted molar refractivity (Wildman–Crippen MR) is 110 cm³/mol. The number of amides is 1. The largest absolute Gasteiger partial charge is 0.497 e. The average molecular weight is 364 g/mol. The molecule has 1 heterocycles. The van der Waals surface area contributed by atoms with Crippen molar-refractivity contribution in [3.8, 4) is 5.75 Å². The molecule has 3 aromatic rings. The lowest BCUT2D eigenvalue weighted by molar-refractivity contribution is -0.121. The number of H-pyrrole nitrogens is 1. The first-order chi connectivity index (χ1) is 13.2. The zero-order valence-corrected chi connectivity index (χ0v) is 16.3. The van der Waals surface area contributed by atoms with E-state index in [9.17, 15) is 4.79 Å². The minimum Gasteiger partial charge on any atom is -0.497 e. The van der Waals surface area contributed by atoms with Gasteiger partial charge in [-0.2, -0.15) is 0 Å². The Hall–Kier alpha value is -2.75. The van der Waals surface area contributed by atoms with E-state index < -0.39 is 0 Å². The minimum atomic E-state index is -0.0298. The van der Waals surface area contributed by atoms with Crippen LogP contribution in [0.25, 0.3) is 10.9 Å². The van der Waals surface area contributed by atoms with Crippen LogP contribution in [0.15, 0.2) is 48.7 Å². The molecule has 1 atom stereocenters. The third-order valence-electron chi connectivity index (χ3n) is 5.05. The number of methoxy groups -OCH3 is 1. The lowest BCUT2D eigenvalue weighted by Crippen LogP contribution is -2.26. The molecule has 0 fully saturated rings. The number of aromatic amines is 1. The van der Waals surface area contributed by atoms with Gasteiger partial charge in [0.15, 0.2) is 0 Å². The molecular formula is C23H28N2O2. The number of aryl methyl sites for hydroxylation is 1. The van der Waals surface area contributed by atoms with Gasteiger partial charge in [-0.3, -0.25) is 4.79 Å². The second-order valence-corrected chi connectivity index (χ2v) is 6.82.